The minimum absolute atomic E-state index is 0.825. The zero-order valence-electron chi connectivity index (χ0n) is 10.6. The van der Waals surface area contributed by atoms with Crippen molar-refractivity contribution < 1.29 is 0 Å². The molecule has 2 heterocycles. The maximum atomic E-state index is 4.32. The summed E-state index contributed by atoms with van der Waals surface area (Å²) in [7, 11) is 1.97. The highest BCUT2D eigenvalue weighted by Crippen LogP contribution is 2.05. The summed E-state index contributed by atoms with van der Waals surface area (Å²) in [6.45, 7) is 5.70. The maximum absolute atomic E-state index is 4.32. The standard InChI is InChI=1S/C13H18N4/c1-10-7-13(17(3)16-10)9-14-8-12-5-4-6-15-11(12)2/h4-7,14H,8-9H2,1-3H3. The predicted molar refractivity (Wildman–Crippen MR) is 67.5 cm³/mol. The van der Waals surface area contributed by atoms with Crippen molar-refractivity contribution in [2.24, 2.45) is 7.05 Å². The molecule has 0 saturated heterocycles. The normalized spacial score (nSPS) is 10.8. The molecule has 0 radical (unpaired) electrons. The van der Waals surface area contributed by atoms with Gasteiger partial charge in [0, 0.05) is 32.0 Å². The monoisotopic (exact) mass is 230 g/mol. The van der Waals surface area contributed by atoms with E-state index in [1.54, 1.807) is 0 Å². The Kier molecular flexibility index (Phi) is 3.54. The van der Waals surface area contributed by atoms with E-state index in [4.69, 9.17) is 0 Å². The molecule has 2 aromatic rings. The lowest BCUT2D eigenvalue weighted by Crippen LogP contribution is -2.16. The van der Waals surface area contributed by atoms with Gasteiger partial charge >= 0.3 is 0 Å². The van der Waals surface area contributed by atoms with Crippen LogP contribution >= 0.6 is 0 Å². The summed E-state index contributed by atoms with van der Waals surface area (Å²) in [6.07, 6.45) is 1.82. The first-order valence-corrected chi connectivity index (χ1v) is 5.77. The molecule has 1 N–H and O–H groups in total. The van der Waals surface area contributed by atoms with E-state index in [1.165, 1.54) is 11.3 Å². The Morgan fingerprint density at radius 3 is 2.76 bits per heavy atom. The van der Waals surface area contributed by atoms with E-state index in [-0.39, 0.29) is 0 Å². The van der Waals surface area contributed by atoms with Gasteiger partial charge in [-0.25, -0.2) is 0 Å². The molecular weight excluding hydrogens is 212 g/mol. The number of aryl methyl sites for hydroxylation is 3. The van der Waals surface area contributed by atoms with Crippen molar-refractivity contribution in [3.8, 4) is 0 Å². The largest absolute Gasteiger partial charge is 0.307 e. The molecule has 0 saturated carbocycles. The fourth-order valence-corrected chi connectivity index (χ4v) is 1.86. The van der Waals surface area contributed by atoms with Gasteiger partial charge in [-0.1, -0.05) is 6.07 Å². The Hall–Kier alpha value is -1.68. The SMILES string of the molecule is Cc1cc(CNCc2cccnc2C)n(C)n1. The number of rotatable bonds is 4. The molecule has 0 fully saturated rings. The van der Waals surface area contributed by atoms with Gasteiger partial charge in [0.15, 0.2) is 0 Å². The van der Waals surface area contributed by atoms with Crippen LogP contribution in [0.4, 0.5) is 0 Å². The van der Waals surface area contributed by atoms with Crippen LogP contribution in [0.2, 0.25) is 0 Å². The van der Waals surface area contributed by atoms with Gasteiger partial charge in [0.25, 0.3) is 0 Å². The highest BCUT2D eigenvalue weighted by Gasteiger charge is 2.02. The third-order valence-corrected chi connectivity index (χ3v) is 2.84. The summed E-state index contributed by atoms with van der Waals surface area (Å²) in [6, 6.07) is 6.17. The Labute approximate surface area is 102 Å². The van der Waals surface area contributed by atoms with Gasteiger partial charge < -0.3 is 5.32 Å². The summed E-state index contributed by atoms with van der Waals surface area (Å²) in [5.41, 5.74) is 4.58. The Morgan fingerprint density at radius 2 is 2.12 bits per heavy atom. The molecule has 2 rings (SSSR count). The highest BCUT2D eigenvalue weighted by atomic mass is 15.3. The molecule has 0 bridgehead atoms. The third-order valence-electron chi connectivity index (χ3n) is 2.84. The quantitative estimate of drug-likeness (QED) is 0.869. The van der Waals surface area contributed by atoms with E-state index in [9.17, 15) is 0 Å². The van der Waals surface area contributed by atoms with Crippen LogP contribution in [-0.2, 0) is 20.1 Å². The summed E-state index contributed by atoms with van der Waals surface area (Å²) in [5.74, 6) is 0. The number of hydrogen-bond acceptors (Lipinski definition) is 3. The first-order valence-electron chi connectivity index (χ1n) is 5.77. The molecule has 4 heteroatoms. The van der Waals surface area contributed by atoms with Crippen LogP contribution in [0, 0.1) is 13.8 Å². The fourth-order valence-electron chi connectivity index (χ4n) is 1.86. The van der Waals surface area contributed by atoms with Crippen molar-refractivity contribution >= 4 is 0 Å². The van der Waals surface area contributed by atoms with Gasteiger partial charge in [-0.3, -0.25) is 9.67 Å². The fraction of sp³-hybridized carbons (Fsp3) is 0.385. The zero-order chi connectivity index (χ0) is 12.3. The molecule has 0 amide bonds. The number of nitrogens with zero attached hydrogens (tertiary/aromatic N) is 3. The molecule has 0 unspecified atom stereocenters. The molecule has 2 aromatic heterocycles. The van der Waals surface area contributed by atoms with Gasteiger partial charge in [0.1, 0.15) is 0 Å². The average molecular weight is 230 g/mol. The molecule has 0 aliphatic rings. The molecule has 0 spiro atoms. The number of aromatic nitrogens is 3. The Bertz CT molecular complexity index is 502. The van der Waals surface area contributed by atoms with Crippen LogP contribution in [0.5, 0.6) is 0 Å². The zero-order valence-corrected chi connectivity index (χ0v) is 10.6. The van der Waals surface area contributed by atoms with Gasteiger partial charge in [0.2, 0.25) is 0 Å². The summed E-state index contributed by atoms with van der Waals surface area (Å²) in [4.78, 5) is 4.27. The van der Waals surface area contributed by atoms with E-state index in [1.807, 2.05) is 37.8 Å². The summed E-state index contributed by atoms with van der Waals surface area (Å²) >= 11 is 0. The topological polar surface area (TPSA) is 42.7 Å². The van der Waals surface area contributed by atoms with Crippen molar-refractivity contribution in [1.29, 1.82) is 0 Å². The van der Waals surface area contributed by atoms with Crippen molar-refractivity contribution in [2.45, 2.75) is 26.9 Å². The van der Waals surface area contributed by atoms with Crippen molar-refractivity contribution in [1.82, 2.24) is 20.1 Å². The lowest BCUT2D eigenvalue weighted by atomic mass is 10.2. The molecule has 0 atom stereocenters. The number of nitrogens with one attached hydrogen (secondary N) is 1. The van der Waals surface area contributed by atoms with Crippen LogP contribution in [-0.4, -0.2) is 14.8 Å². The second kappa shape index (κ2) is 5.10. The average Bonchev–Trinajstić information content (AvgIpc) is 2.60. The number of pyridine rings is 1. The van der Waals surface area contributed by atoms with E-state index in [2.05, 4.69) is 27.5 Å². The minimum atomic E-state index is 0.825. The second-order valence-electron chi connectivity index (χ2n) is 4.25. The van der Waals surface area contributed by atoms with Crippen LogP contribution < -0.4 is 5.32 Å². The van der Waals surface area contributed by atoms with Crippen molar-refractivity contribution in [3.05, 3.63) is 47.0 Å². The van der Waals surface area contributed by atoms with Gasteiger partial charge in [-0.15, -0.1) is 0 Å². The Morgan fingerprint density at radius 1 is 1.29 bits per heavy atom. The molecule has 0 aliphatic heterocycles. The van der Waals surface area contributed by atoms with Gasteiger partial charge in [0.05, 0.1) is 11.4 Å². The van der Waals surface area contributed by atoms with Gasteiger partial charge in [-0.05, 0) is 31.5 Å². The second-order valence-corrected chi connectivity index (χ2v) is 4.25. The molecular formula is C13H18N4. The molecule has 17 heavy (non-hydrogen) atoms. The smallest absolute Gasteiger partial charge is 0.0597 e. The van der Waals surface area contributed by atoms with E-state index in [0.717, 1.165) is 24.5 Å². The van der Waals surface area contributed by atoms with Crippen LogP contribution in [0.15, 0.2) is 24.4 Å². The lowest BCUT2D eigenvalue weighted by Gasteiger charge is -2.07. The maximum Gasteiger partial charge on any atom is 0.0597 e. The molecule has 90 valence electrons. The van der Waals surface area contributed by atoms with E-state index >= 15 is 0 Å². The summed E-state index contributed by atoms with van der Waals surface area (Å²) in [5, 5.41) is 7.73. The Balaban J connectivity index is 1.92. The number of hydrogen-bond donors (Lipinski definition) is 1. The van der Waals surface area contributed by atoms with Crippen LogP contribution in [0.1, 0.15) is 22.6 Å². The van der Waals surface area contributed by atoms with E-state index in [0.29, 0.717) is 0 Å². The minimum Gasteiger partial charge on any atom is -0.307 e. The first kappa shape index (κ1) is 11.8. The van der Waals surface area contributed by atoms with Crippen LogP contribution in [0.25, 0.3) is 0 Å². The van der Waals surface area contributed by atoms with Crippen LogP contribution in [0.3, 0.4) is 0 Å². The third kappa shape index (κ3) is 2.91. The lowest BCUT2D eigenvalue weighted by molar-refractivity contribution is 0.622. The van der Waals surface area contributed by atoms with E-state index < -0.39 is 0 Å². The van der Waals surface area contributed by atoms with Crippen molar-refractivity contribution in [3.63, 3.8) is 0 Å². The summed E-state index contributed by atoms with van der Waals surface area (Å²) < 4.78 is 1.92. The predicted octanol–water partition coefficient (Wildman–Crippen LogP) is 1.72. The van der Waals surface area contributed by atoms with Gasteiger partial charge in [-0.2, -0.15) is 5.10 Å². The molecule has 4 nitrogen and oxygen atoms in total. The highest BCUT2D eigenvalue weighted by molar-refractivity contribution is 5.18. The molecule has 0 aliphatic carbocycles. The molecule has 0 aromatic carbocycles. The van der Waals surface area contributed by atoms with Crippen molar-refractivity contribution in [2.75, 3.05) is 0 Å². The first-order chi connectivity index (χ1) is 8.16.